The van der Waals surface area contributed by atoms with Crippen molar-refractivity contribution in [3.8, 4) is 0 Å². The van der Waals surface area contributed by atoms with Crippen LogP contribution in [-0.2, 0) is 37.4 Å². The van der Waals surface area contributed by atoms with Gasteiger partial charge in [-0.15, -0.1) is 0 Å². The van der Waals surface area contributed by atoms with Crippen LogP contribution in [0.3, 0.4) is 0 Å². The topological polar surface area (TPSA) is 9.23 Å². The Morgan fingerprint density at radius 3 is 2.17 bits per heavy atom. The first-order valence-corrected chi connectivity index (χ1v) is 1.68. The Hall–Kier alpha value is 1.06. The Morgan fingerprint density at radius 2 is 2.17 bits per heavy atom. The second-order valence-electron chi connectivity index (χ2n) is 0.864. The summed E-state index contributed by atoms with van der Waals surface area (Å²) >= 11 is 0. The van der Waals surface area contributed by atoms with Gasteiger partial charge in [0.05, 0.1) is 0 Å². The maximum Gasteiger partial charge on any atom is 0.0319 e. The number of hydrogen-bond acceptors (Lipinski definition) is 1. The van der Waals surface area contributed by atoms with Crippen molar-refractivity contribution < 1.29 is 37.4 Å². The molecule has 0 aliphatic heterocycles. The van der Waals surface area contributed by atoms with Crippen LogP contribution in [-0.4, -0.2) is 13.7 Å². The quantitative estimate of drug-likeness (QED) is 0.547. The minimum atomic E-state index is 0. The average Bonchev–Trinajstić information content (AvgIpc) is 1.41. The molecule has 1 radical (unpaired) electrons. The molecule has 0 amide bonds. The van der Waals surface area contributed by atoms with E-state index in [0.717, 1.165) is 6.61 Å². The Bertz CT molecular complexity index is 15.0. The van der Waals surface area contributed by atoms with Crippen LogP contribution in [0.15, 0.2) is 0 Å². The van der Waals surface area contributed by atoms with Crippen LogP contribution in [0.2, 0.25) is 0 Å². The Kier molecular flexibility index (Phi) is 15.9. The van der Waals surface area contributed by atoms with Crippen molar-refractivity contribution in [2.75, 3.05) is 13.7 Å². The maximum atomic E-state index is 4.64. The molecule has 0 N–H and O–H groups in total. The van der Waals surface area contributed by atoms with E-state index in [1.54, 1.807) is 7.11 Å². The molecule has 0 bridgehead atoms. The SMILES string of the molecule is C[CH-]COC.[Y]. The van der Waals surface area contributed by atoms with E-state index >= 15 is 0 Å². The fourth-order valence-corrected chi connectivity index (χ4v) is 0.167. The molecule has 0 heterocycles. The predicted molar refractivity (Wildman–Crippen MR) is 21.8 cm³/mol. The molecule has 6 heavy (non-hydrogen) atoms. The third-order valence-electron chi connectivity index (χ3n) is 0.333. The molecule has 0 saturated heterocycles. The summed E-state index contributed by atoms with van der Waals surface area (Å²) in [5.74, 6) is 0. The molecule has 0 aromatic heterocycles. The van der Waals surface area contributed by atoms with E-state index in [2.05, 4.69) is 4.74 Å². The third-order valence-corrected chi connectivity index (χ3v) is 0.333. The summed E-state index contributed by atoms with van der Waals surface area (Å²) in [5.41, 5.74) is 0. The summed E-state index contributed by atoms with van der Waals surface area (Å²) < 4.78 is 4.64. The molecule has 1 nitrogen and oxygen atoms in total. The Labute approximate surface area is 64.3 Å². The van der Waals surface area contributed by atoms with Gasteiger partial charge in [0.1, 0.15) is 0 Å². The van der Waals surface area contributed by atoms with Crippen LogP contribution >= 0.6 is 0 Å². The first-order valence-electron chi connectivity index (χ1n) is 1.68. The van der Waals surface area contributed by atoms with Gasteiger partial charge in [-0.05, 0) is 0 Å². The minimum absolute atomic E-state index is 0. The van der Waals surface area contributed by atoms with Gasteiger partial charge in [-0.1, -0.05) is 6.61 Å². The Balaban J connectivity index is 0. The van der Waals surface area contributed by atoms with Crippen LogP contribution in [0.25, 0.3) is 0 Å². The molecule has 35 valence electrons. The molecule has 0 aromatic carbocycles. The van der Waals surface area contributed by atoms with Gasteiger partial charge in [0.15, 0.2) is 0 Å². The summed E-state index contributed by atoms with van der Waals surface area (Å²) in [6.07, 6.45) is 1.96. The number of ether oxygens (including phenoxy) is 1. The van der Waals surface area contributed by atoms with Crippen molar-refractivity contribution in [3.05, 3.63) is 6.42 Å². The fourth-order valence-electron chi connectivity index (χ4n) is 0.167. The molecule has 0 aliphatic rings. The van der Waals surface area contributed by atoms with Crippen molar-refractivity contribution in [1.29, 1.82) is 0 Å². The largest absolute Gasteiger partial charge is 0.416 e. The first kappa shape index (κ1) is 10.1. The van der Waals surface area contributed by atoms with Gasteiger partial charge in [-0.25, -0.2) is 0 Å². The molecule has 0 saturated carbocycles. The van der Waals surface area contributed by atoms with E-state index in [1.165, 1.54) is 0 Å². The van der Waals surface area contributed by atoms with E-state index in [9.17, 15) is 0 Å². The molecule has 0 fully saturated rings. The standard InChI is InChI=1S/C4H9O.Y/c1-3-4-5-2;/h3H,4H2,1-2H3;/q-1;. The number of hydrogen-bond donors (Lipinski definition) is 0. The molecule has 0 atom stereocenters. The van der Waals surface area contributed by atoms with Gasteiger partial charge < -0.3 is 11.2 Å². The van der Waals surface area contributed by atoms with Gasteiger partial charge >= 0.3 is 0 Å². The first-order chi connectivity index (χ1) is 2.41. The molecular weight excluding hydrogens is 153 g/mol. The zero-order chi connectivity index (χ0) is 4.12. The van der Waals surface area contributed by atoms with E-state index in [-0.39, 0.29) is 32.7 Å². The summed E-state index contributed by atoms with van der Waals surface area (Å²) in [4.78, 5) is 0. The normalized spacial score (nSPS) is 7.00. The van der Waals surface area contributed by atoms with E-state index in [1.807, 2.05) is 13.3 Å². The van der Waals surface area contributed by atoms with Crippen molar-refractivity contribution in [3.63, 3.8) is 0 Å². The molecule has 0 spiro atoms. The smallest absolute Gasteiger partial charge is 0.0319 e. The summed E-state index contributed by atoms with van der Waals surface area (Å²) in [6, 6.07) is 0. The van der Waals surface area contributed by atoms with E-state index in [0.29, 0.717) is 0 Å². The number of rotatable bonds is 2. The predicted octanol–water partition coefficient (Wildman–Crippen LogP) is 0.854. The van der Waals surface area contributed by atoms with Gasteiger partial charge in [-0.3, -0.25) is 0 Å². The van der Waals surface area contributed by atoms with Crippen molar-refractivity contribution in [2.45, 2.75) is 6.92 Å². The second kappa shape index (κ2) is 9.42. The second-order valence-corrected chi connectivity index (χ2v) is 0.864. The van der Waals surface area contributed by atoms with Crippen molar-refractivity contribution in [1.82, 2.24) is 0 Å². The van der Waals surface area contributed by atoms with Gasteiger partial charge in [0.25, 0.3) is 0 Å². The van der Waals surface area contributed by atoms with Crippen molar-refractivity contribution >= 4 is 0 Å². The average molecular weight is 162 g/mol. The van der Waals surface area contributed by atoms with Crippen LogP contribution < -0.4 is 0 Å². The minimum Gasteiger partial charge on any atom is -0.416 e. The summed E-state index contributed by atoms with van der Waals surface area (Å²) in [5, 5.41) is 0. The van der Waals surface area contributed by atoms with Crippen LogP contribution in [0, 0.1) is 6.42 Å². The van der Waals surface area contributed by atoms with Gasteiger partial charge in [0, 0.05) is 39.8 Å². The molecule has 0 aliphatic carbocycles. The zero-order valence-electron chi connectivity index (χ0n) is 4.27. The van der Waals surface area contributed by atoms with E-state index < -0.39 is 0 Å². The molecule has 0 aromatic rings. The Morgan fingerprint density at radius 1 is 1.67 bits per heavy atom. The monoisotopic (exact) mass is 162 g/mol. The van der Waals surface area contributed by atoms with Crippen LogP contribution in [0.5, 0.6) is 0 Å². The summed E-state index contributed by atoms with van der Waals surface area (Å²) in [6.45, 7) is 2.73. The summed E-state index contributed by atoms with van der Waals surface area (Å²) in [7, 11) is 1.68. The molecule has 2 heteroatoms. The maximum absolute atomic E-state index is 4.64. The van der Waals surface area contributed by atoms with Crippen LogP contribution in [0.4, 0.5) is 0 Å². The van der Waals surface area contributed by atoms with E-state index in [4.69, 9.17) is 0 Å². The number of methoxy groups -OCH3 is 1. The van der Waals surface area contributed by atoms with Crippen molar-refractivity contribution in [2.24, 2.45) is 0 Å². The van der Waals surface area contributed by atoms with Gasteiger partial charge in [-0.2, -0.15) is 6.92 Å². The molecular formula is C4H9OY-. The molecule has 0 rings (SSSR count). The fraction of sp³-hybridized carbons (Fsp3) is 0.750. The van der Waals surface area contributed by atoms with Gasteiger partial charge in [0.2, 0.25) is 0 Å². The zero-order valence-corrected chi connectivity index (χ0v) is 7.11. The molecule has 0 unspecified atom stereocenters. The third kappa shape index (κ3) is 8.91. The van der Waals surface area contributed by atoms with Crippen LogP contribution in [0.1, 0.15) is 6.92 Å².